The second-order valence-electron chi connectivity index (χ2n) is 5.86. The highest BCUT2D eigenvalue weighted by Crippen LogP contribution is 2.22. The van der Waals surface area contributed by atoms with Crippen molar-refractivity contribution in [2.75, 3.05) is 42.6 Å². The first-order chi connectivity index (χ1) is 10.6. The van der Waals surface area contributed by atoms with Crippen molar-refractivity contribution in [3.05, 3.63) is 11.8 Å². The van der Waals surface area contributed by atoms with Gasteiger partial charge in [-0.1, -0.05) is 0 Å². The highest BCUT2D eigenvalue weighted by atomic mass is 16.5. The number of carbonyl (C=O) groups is 1. The molecule has 1 unspecified atom stereocenters. The molecule has 7 heteroatoms. The zero-order valence-electron chi connectivity index (χ0n) is 12.9. The van der Waals surface area contributed by atoms with Crippen LogP contribution in [0.15, 0.2) is 6.07 Å². The van der Waals surface area contributed by atoms with E-state index in [9.17, 15) is 4.79 Å². The van der Waals surface area contributed by atoms with Crippen molar-refractivity contribution in [1.82, 2.24) is 9.97 Å². The van der Waals surface area contributed by atoms with E-state index in [1.165, 1.54) is 19.3 Å². The number of hydrogen-bond acceptors (Lipinski definition) is 6. The lowest BCUT2D eigenvalue weighted by Gasteiger charge is -2.33. The summed E-state index contributed by atoms with van der Waals surface area (Å²) in [7, 11) is 0. The van der Waals surface area contributed by atoms with Gasteiger partial charge in [0, 0.05) is 31.4 Å². The molecule has 0 radical (unpaired) electrons. The first-order valence-corrected chi connectivity index (χ1v) is 7.83. The number of rotatable bonds is 3. The molecule has 1 aromatic rings. The van der Waals surface area contributed by atoms with Gasteiger partial charge in [0.15, 0.2) is 6.10 Å². The van der Waals surface area contributed by atoms with Gasteiger partial charge in [-0.3, -0.25) is 0 Å². The minimum Gasteiger partial charge on any atom is -0.479 e. The minimum absolute atomic E-state index is 0.325. The summed E-state index contributed by atoms with van der Waals surface area (Å²) < 4.78 is 5.27. The number of ether oxygens (including phenoxy) is 1. The van der Waals surface area contributed by atoms with Crippen molar-refractivity contribution in [1.29, 1.82) is 0 Å². The number of aliphatic carboxylic acids is 1. The summed E-state index contributed by atoms with van der Waals surface area (Å²) in [5.74, 6) is 0.627. The van der Waals surface area contributed by atoms with Crippen LogP contribution >= 0.6 is 0 Å². The van der Waals surface area contributed by atoms with Crippen molar-refractivity contribution >= 4 is 17.7 Å². The van der Waals surface area contributed by atoms with Gasteiger partial charge in [-0.15, -0.1) is 0 Å². The lowest BCUT2D eigenvalue weighted by atomic mass is 10.1. The van der Waals surface area contributed by atoms with Crippen molar-refractivity contribution in [3.63, 3.8) is 0 Å². The van der Waals surface area contributed by atoms with Gasteiger partial charge in [-0.05, 0) is 26.2 Å². The van der Waals surface area contributed by atoms with E-state index in [-0.39, 0.29) is 0 Å². The molecule has 3 rings (SSSR count). The Kier molecular flexibility index (Phi) is 4.42. The molecule has 0 aliphatic carbocycles. The normalized spacial score (nSPS) is 22.7. The van der Waals surface area contributed by atoms with Gasteiger partial charge < -0.3 is 19.6 Å². The van der Waals surface area contributed by atoms with Crippen LogP contribution in [-0.4, -0.2) is 59.9 Å². The number of morpholine rings is 1. The van der Waals surface area contributed by atoms with Crippen LogP contribution in [0, 0.1) is 6.92 Å². The van der Waals surface area contributed by atoms with Crippen LogP contribution < -0.4 is 9.80 Å². The summed E-state index contributed by atoms with van der Waals surface area (Å²) in [5, 5.41) is 9.12. The van der Waals surface area contributed by atoms with E-state index in [0.29, 0.717) is 19.7 Å². The van der Waals surface area contributed by atoms with Crippen molar-refractivity contribution < 1.29 is 14.6 Å². The van der Waals surface area contributed by atoms with E-state index >= 15 is 0 Å². The van der Waals surface area contributed by atoms with E-state index in [1.807, 2.05) is 17.9 Å². The lowest BCUT2D eigenvalue weighted by Crippen LogP contribution is -2.46. The lowest BCUT2D eigenvalue weighted by molar-refractivity contribution is -0.150. The zero-order valence-corrected chi connectivity index (χ0v) is 12.9. The summed E-state index contributed by atoms with van der Waals surface area (Å²) in [5.41, 5.74) is 0.906. The highest BCUT2D eigenvalue weighted by Gasteiger charge is 2.27. The third-order valence-corrected chi connectivity index (χ3v) is 4.13. The molecule has 2 aliphatic rings. The Bertz CT molecular complexity index is 546. The Morgan fingerprint density at radius 2 is 2.00 bits per heavy atom. The molecule has 0 aromatic carbocycles. The molecule has 0 bridgehead atoms. The summed E-state index contributed by atoms with van der Waals surface area (Å²) in [6.45, 7) is 5.31. The molecule has 120 valence electrons. The van der Waals surface area contributed by atoms with Gasteiger partial charge in [0.2, 0.25) is 5.95 Å². The molecule has 2 saturated heterocycles. The maximum Gasteiger partial charge on any atom is 0.334 e. The highest BCUT2D eigenvalue weighted by molar-refractivity contribution is 5.73. The summed E-state index contributed by atoms with van der Waals surface area (Å²) in [6.07, 6.45) is 2.82. The molecule has 1 N–H and O–H groups in total. The van der Waals surface area contributed by atoms with Gasteiger partial charge in [0.1, 0.15) is 5.82 Å². The number of aromatic nitrogens is 2. The molecule has 3 heterocycles. The maximum atomic E-state index is 11.1. The SMILES string of the molecule is Cc1cc(N2CCOC(C(=O)O)C2)nc(N2CCCCC2)n1. The number of carboxylic acids is 1. The van der Waals surface area contributed by atoms with Crippen molar-refractivity contribution in [2.24, 2.45) is 0 Å². The topological polar surface area (TPSA) is 78.8 Å². The minimum atomic E-state index is -0.924. The van der Waals surface area contributed by atoms with Gasteiger partial charge >= 0.3 is 5.97 Å². The number of nitrogens with zero attached hydrogens (tertiary/aromatic N) is 4. The van der Waals surface area contributed by atoms with E-state index < -0.39 is 12.1 Å². The average Bonchev–Trinajstić information content (AvgIpc) is 2.55. The van der Waals surface area contributed by atoms with Gasteiger partial charge in [-0.25, -0.2) is 9.78 Å². The molecule has 2 aliphatic heterocycles. The number of aryl methyl sites for hydroxylation is 1. The van der Waals surface area contributed by atoms with Gasteiger partial charge in [0.25, 0.3) is 0 Å². The molecule has 0 amide bonds. The second-order valence-corrected chi connectivity index (χ2v) is 5.86. The standard InChI is InChI=1S/C15H22N4O3/c1-11-9-13(19-7-8-22-12(10-19)14(20)21)17-15(16-11)18-5-3-2-4-6-18/h9,12H,2-8,10H2,1H3,(H,20,21). The van der Waals surface area contributed by atoms with Gasteiger partial charge in [0.05, 0.1) is 13.2 Å². The van der Waals surface area contributed by atoms with E-state index in [4.69, 9.17) is 9.84 Å². The van der Waals surface area contributed by atoms with Crippen LogP contribution in [0.1, 0.15) is 25.0 Å². The summed E-state index contributed by atoms with van der Waals surface area (Å²) >= 11 is 0. The fourth-order valence-electron chi connectivity index (χ4n) is 2.94. The summed E-state index contributed by atoms with van der Waals surface area (Å²) in [6, 6.07) is 1.91. The number of anilines is 2. The molecule has 0 saturated carbocycles. The molecule has 2 fully saturated rings. The smallest absolute Gasteiger partial charge is 0.334 e. The molecule has 7 nitrogen and oxygen atoms in total. The third-order valence-electron chi connectivity index (χ3n) is 4.13. The van der Waals surface area contributed by atoms with Crippen LogP contribution in [0.4, 0.5) is 11.8 Å². The first-order valence-electron chi connectivity index (χ1n) is 7.83. The summed E-state index contributed by atoms with van der Waals surface area (Å²) in [4.78, 5) is 24.5. The van der Waals surface area contributed by atoms with Crippen molar-refractivity contribution in [2.45, 2.75) is 32.3 Å². The van der Waals surface area contributed by atoms with E-state index in [0.717, 1.165) is 30.5 Å². The second kappa shape index (κ2) is 6.48. The van der Waals surface area contributed by atoms with E-state index in [2.05, 4.69) is 14.9 Å². The average molecular weight is 306 g/mol. The molecule has 1 aromatic heterocycles. The maximum absolute atomic E-state index is 11.1. The fraction of sp³-hybridized carbons (Fsp3) is 0.667. The van der Waals surface area contributed by atoms with E-state index in [1.54, 1.807) is 0 Å². The fourth-order valence-corrected chi connectivity index (χ4v) is 2.94. The quantitative estimate of drug-likeness (QED) is 0.894. The Morgan fingerprint density at radius 1 is 1.23 bits per heavy atom. The Morgan fingerprint density at radius 3 is 2.73 bits per heavy atom. The monoisotopic (exact) mass is 306 g/mol. The van der Waals surface area contributed by atoms with Crippen LogP contribution in [0.2, 0.25) is 0 Å². The Hall–Kier alpha value is -1.89. The van der Waals surface area contributed by atoms with Gasteiger partial charge in [-0.2, -0.15) is 4.98 Å². The van der Waals surface area contributed by atoms with Crippen LogP contribution in [-0.2, 0) is 9.53 Å². The number of hydrogen-bond donors (Lipinski definition) is 1. The molecular formula is C15H22N4O3. The molecule has 0 spiro atoms. The predicted molar refractivity (Wildman–Crippen MR) is 82.4 cm³/mol. The Labute approximate surface area is 129 Å². The zero-order chi connectivity index (χ0) is 15.5. The van der Waals surface area contributed by atoms with Crippen molar-refractivity contribution in [3.8, 4) is 0 Å². The third kappa shape index (κ3) is 3.30. The number of carboxylic acid groups (broad SMARTS) is 1. The predicted octanol–water partition coefficient (Wildman–Crippen LogP) is 1.07. The first kappa shape index (κ1) is 15.0. The molecule has 22 heavy (non-hydrogen) atoms. The van der Waals surface area contributed by atoms with Crippen LogP contribution in [0.3, 0.4) is 0 Å². The largest absolute Gasteiger partial charge is 0.479 e. The van der Waals surface area contributed by atoms with Crippen LogP contribution in [0.5, 0.6) is 0 Å². The van der Waals surface area contributed by atoms with Crippen LogP contribution in [0.25, 0.3) is 0 Å². The Balaban J connectivity index is 1.80. The number of piperidine rings is 1. The molecular weight excluding hydrogens is 284 g/mol. The molecule has 1 atom stereocenters.